The van der Waals surface area contributed by atoms with Gasteiger partial charge in [0.25, 0.3) is 0 Å². The molecule has 1 atom stereocenters. The molecule has 1 saturated heterocycles. The highest BCUT2D eigenvalue weighted by molar-refractivity contribution is 5.56. The first-order valence-electron chi connectivity index (χ1n) is 6.05. The van der Waals surface area contributed by atoms with E-state index in [-0.39, 0.29) is 5.54 Å². The van der Waals surface area contributed by atoms with Gasteiger partial charge in [0.1, 0.15) is 0 Å². The smallest absolute Gasteiger partial charge is 0.0399 e. The molecule has 0 radical (unpaired) electrons. The van der Waals surface area contributed by atoms with Crippen molar-refractivity contribution in [2.45, 2.75) is 32.7 Å². The molecule has 2 nitrogen and oxygen atoms in total. The quantitative estimate of drug-likeness (QED) is 0.820. The first-order valence-corrected chi connectivity index (χ1v) is 6.05. The fraction of sp³-hybridized carbons (Fsp3) is 0.571. The summed E-state index contributed by atoms with van der Waals surface area (Å²) in [5.74, 6) is 0. The van der Waals surface area contributed by atoms with Crippen molar-refractivity contribution in [3.8, 4) is 0 Å². The Hall–Kier alpha value is -1.02. The van der Waals surface area contributed by atoms with E-state index in [0.29, 0.717) is 0 Å². The van der Waals surface area contributed by atoms with Crippen LogP contribution in [-0.2, 0) is 0 Å². The standard InChI is InChI=1S/C14H22N2/c1-11-5-6-12(2)13(9-11)16-8-7-14(3,10-16)15-4/h5-6,9,15H,7-8,10H2,1-4H3. The van der Waals surface area contributed by atoms with Crippen LogP contribution in [0.5, 0.6) is 0 Å². The van der Waals surface area contributed by atoms with Crippen LogP contribution in [0.4, 0.5) is 5.69 Å². The third-order valence-electron chi connectivity index (χ3n) is 3.78. The summed E-state index contributed by atoms with van der Waals surface area (Å²) in [6, 6.07) is 6.71. The van der Waals surface area contributed by atoms with Crippen LogP contribution in [0.1, 0.15) is 24.5 Å². The van der Waals surface area contributed by atoms with Crippen molar-refractivity contribution in [3.63, 3.8) is 0 Å². The molecule has 1 aliphatic rings. The monoisotopic (exact) mass is 218 g/mol. The van der Waals surface area contributed by atoms with Crippen LogP contribution in [0.15, 0.2) is 18.2 Å². The normalized spacial score (nSPS) is 25.1. The Kier molecular flexibility index (Phi) is 2.94. The number of likely N-dealkylation sites (N-methyl/N-ethyl adjacent to an activating group) is 1. The number of nitrogens with zero attached hydrogens (tertiary/aromatic N) is 1. The minimum Gasteiger partial charge on any atom is -0.369 e. The van der Waals surface area contributed by atoms with Crippen LogP contribution < -0.4 is 10.2 Å². The lowest BCUT2D eigenvalue weighted by Crippen LogP contribution is -2.42. The van der Waals surface area contributed by atoms with Gasteiger partial charge in [0.2, 0.25) is 0 Å². The minimum atomic E-state index is 0.274. The van der Waals surface area contributed by atoms with Gasteiger partial charge in [-0.25, -0.2) is 0 Å². The number of aryl methyl sites for hydroxylation is 2. The Morgan fingerprint density at radius 3 is 2.69 bits per heavy atom. The second-order valence-electron chi connectivity index (χ2n) is 5.27. The molecule has 0 spiro atoms. The average molecular weight is 218 g/mol. The predicted octanol–water partition coefficient (Wildman–Crippen LogP) is 2.49. The number of hydrogen-bond donors (Lipinski definition) is 1. The highest BCUT2D eigenvalue weighted by Crippen LogP contribution is 2.29. The molecule has 88 valence electrons. The summed E-state index contributed by atoms with van der Waals surface area (Å²) < 4.78 is 0. The maximum Gasteiger partial charge on any atom is 0.0399 e. The molecule has 1 aromatic rings. The Labute approximate surface area is 98.7 Å². The van der Waals surface area contributed by atoms with Crippen molar-refractivity contribution >= 4 is 5.69 Å². The fourth-order valence-electron chi connectivity index (χ4n) is 2.43. The highest BCUT2D eigenvalue weighted by Gasteiger charge is 2.32. The molecule has 1 aliphatic heterocycles. The molecule has 0 amide bonds. The maximum atomic E-state index is 3.43. The van der Waals surface area contributed by atoms with E-state index in [0.717, 1.165) is 13.1 Å². The van der Waals surface area contributed by atoms with E-state index in [1.807, 2.05) is 0 Å². The molecule has 2 heteroatoms. The number of nitrogens with one attached hydrogen (secondary N) is 1. The van der Waals surface area contributed by atoms with E-state index in [1.165, 1.54) is 23.2 Å². The van der Waals surface area contributed by atoms with Gasteiger partial charge in [-0.15, -0.1) is 0 Å². The van der Waals surface area contributed by atoms with Gasteiger partial charge in [-0.05, 0) is 51.4 Å². The van der Waals surface area contributed by atoms with Crippen LogP contribution >= 0.6 is 0 Å². The van der Waals surface area contributed by atoms with E-state index in [1.54, 1.807) is 0 Å². The van der Waals surface area contributed by atoms with Crippen molar-refractivity contribution in [2.24, 2.45) is 0 Å². The third-order valence-corrected chi connectivity index (χ3v) is 3.78. The lowest BCUT2D eigenvalue weighted by Gasteiger charge is -2.26. The largest absolute Gasteiger partial charge is 0.369 e. The van der Waals surface area contributed by atoms with Gasteiger partial charge in [-0.1, -0.05) is 12.1 Å². The van der Waals surface area contributed by atoms with Gasteiger partial charge in [0.05, 0.1) is 0 Å². The number of benzene rings is 1. The first kappa shape index (κ1) is 11.5. The van der Waals surface area contributed by atoms with Crippen molar-refractivity contribution in [1.82, 2.24) is 5.32 Å². The zero-order valence-electron chi connectivity index (χ0n) is 10.8. The van der Waals surface area contributed by atoms with Crippen molar-refractivity contribution < 1.29 is 0 Å². The highest BCUT2D eigenvalue weighted by atomic mass is 15.2. The van der Waals surface area contributed by atoms with Crippen molar-refractivity contribution in [1.29, 1.82) is 0 Å². The summed E-state index contributed by atoms with van der Waals surface area (Å²) in [5, 5.41) is 3.43. The van der Waals surface area contributed by atoms with Crippen LogP contribution in [0.25, 0.3) is 0 Å². The van der Waals surface area contributed by atoms with E-state index in [2.05, 4.69) is 56.2 Å². The van der Waals surface area contributed by atoms with Gasteiger partial charge in [0, 0.05) is 24.3 Å². The summed E-state index contributed by atoms with van der Waals surface area (Å²) in [7, 11) is 2.06. The number of hydrogen-bond acceptors (Lipinski definition) is 2. The summed E-state index contributed by atoms with van der Waals surface area (Å²) >= 11 is 0. The molecule has 2 rings (SSSR count). The summed E-state index contributed by atoms with van der Waals surface area (Å²) in [6.45, 7) is 8.92. The molecule has 1 N–H and O–H groups in total. The van der Waals surface area contributed by atoms with Gasteiger partial charge in [0.15, 0.2) is 0 Å². The zero-order valence-corrected chi connectivity index (χ0v) is 10.8. The zero-order chi connectivity index (χ0) is 11.8. The molecule has 1 aromatic carbocycles. The minimum absolute atomic E-state index is 0.274. The third kappa shape index (κ3) is 2.07. The molecular formula is C14H22N2. The van der Waals surface area contributed by atoms with Crippen LogP contribution in [0, 0.1) is 13.8 Å². The van der Waals surface area contributed by atoms with E-state index in [9.17, 15) is 0 Å². The van der Waals surface area contributed by atoms with Crippen molar-refractivity contribution in [2.75, 3.05) is 25.0 Å². The molecule has 0 aliphatic carbocycles. The summed E-state index contributed by atoms with van der Waals surface area (Å²) in [5.41, 5.74) is 4.40. The molecular weight excluding hydrogens is 196 g/mol. The van der Waals surface area contributed by atoms with Crippen LogP contribution in [0.3, 0.4) is 0 Å². The predicted molar refractivity (Wildman–Crippen MR) is 70.2 cm³/mol. The summed E-state index contributed by atoms with van der Waals surface area (Å²) in [4.78, 5) is 2.50. The van der Waals surface area contributed by atoms with Gasteiger partial charge in [-0.2, -0.15) is 0 Å². The SMILES string of the molecule is CNC1(C)CCN(c2cc(C)ccc2C)C1. The van der Waals surface area contributed by atoms with Crippen LogP contribution in [-0.4, -0.2) is 25.7 Å². The number of rotatable bonds is 2. The number of anilines is 1. The molecule has 0 saturated carbocycles. The lowest BCUT2D eigenvalue weighted by atomic mass is 10.0. The maximum absolute atomic E-state index is 3.43. The topological polar surface area (TPSA) is 15.3 Å². The average Bonchev–Trinajstić information content (AvgIpc) is 2.65. The molecule has 1 unspecified atom stereocenters. The van der Waals surface area contributed by atoms with E-state index in [4.69, 9.17) is 0 Å². The Morgan fingerprint density at radius 2 is 2.06 bits per heavy atom. The first-order chi connectivity index (χ1) is 7.54. The second-order valence-corrected chi connectivity index (χ2v) is 5.27. The molecule has 0 bridgehead atoms. The Balaban J connectivity index is 2.23. The lowest BCUT2D eigenvalue weighted by molar-refractivity contribution is 0.428. The Morgan fingerprint density at radius 1 is 1.31 bits per heavy atom. The molecule has 0 aromatic heterocycles. The fourth-order valence-corrected chi connectivity index (χ4v) is 2.43. The Bertz CT molecular complexity index is 386. The van der Waals surface area contributed by atoms with Gasteiger partial charge in [-0.3, -0.25) is 0 Å². The van der Waals surface area contributed by atoms with E-state index < -0.39 is 0 Å². The molecule has 16 heavy (non-hydrogen) atoms. The van der Waals surface area contributed by atoms with E-state index >= 15 is 0 Å². The van der Waals surface area contributed by atoms with Gasteiger partial charge >= 0.3 is 0 Å². The van der Waals surface area contributed by atoms with Crippen LogP contribution in [0.2, 0.25) is 0 Å². The van der Waals surface area contributed by atoms with Crippen molar-refractivity contribution in [3.05, 3.63) is 29.3 Å². The van der Waals surface area contributed by atoms with Gasteiger partial charge < -0.3 is 10.2 Å². The molecule has 1 heterocycles. The second kappa shape index (κ2) is 4.10. The summed E-state index contributed by atoms with van der Waals surface area (Å²) in [6.07, 6.45) is 1.22. The molecule has 1 fully saturated rings.